The Bertz CT molecular complexity index is 731. The number of hydrogen-bond donors (Lipinski definition) is 0. The van der Waals surface area contributed by atoms with Gasteiger partial charge < -0.3 is 14.2 Å². The van der Waals surface area contributed by atoms with Crippen molar-refractivity contribution in [1.29, 1.82) is 0 Å². The molecule has 122 valence electrons. The first-order valence-corrected chi connectivity index (χ1v) is 8.00. The Morgan fingerprint density at radius 2 is 2.04 bits per heavy atom. The zero-order valence-electron chi connectivity index (χ0n) is 13.6. The molecule has 1 amide bonds. The Hall–Kier alpha value is -2.01. The number of fused-ring (bicyclic) bond motifs is 1. The molecule has 0 radical (unpaired) electrons. The number of hydrogen-bond acceptors (Lipinski definition) is 3. The van der Waals surface area contributed by atoms with Crippen molar-refractivity contribution in [2.45, 2.75) is 26.8 Å². The Morgan fingerprint density at radius 1 is 1.35 bits per heavy atom. The van der Waals surface area contributed by atoms with Crippen LogP contribution in [0.5, 0.6) is 5.75 Å². The van der Waals surface area contributed by atoms with Crippen molar-refractivity contribution in [3.05, 3.63) is 46.0 Å². The maximum absolute atomic E-state index is 12.4. The van der Waals surface area contributed by atoms with Crippen molar-refractivity contribution in [3.63, 3.8) is 0 Å². The molecule has 2 heterocycles. The predicted molar refractivity (Wildman–Crippen MR) is 88.8 cm³/mol. The molecule has 2 aromatic rings. The Balaban J connectivity index is 1.63. The van der Waals surface area contributed by atoms with Gasteiger partial charge in [0.1, 0.15) is 5.75 Å². The molecule has 0 saturated carbocycles. The number of carbonyl (C=O) groups excluding carboxylic acids is 1. The number of halogens is 1. The molecule has 5 nitrogen and oxygen atoms in total. The number of aromatic nitrogens is 2. The van der Waals surface area contributed by atoms with E-state index in [1.807, 2.05) is 42.5 Å². The number of nitrogens with zero attached hydrogens (tertiary/aromatic N) is 3. The summed E-state index contributed by atoms with van der Waals surface area (Å²) in [4.78, 5) is 18.6. The standard InChI is InChI=1S/C17H20ClN3O2/c1-11-6-13(7-12(2)17(11)18)23-9-16(22)21-5-4-14-15(8-21)20(3)10-19-14/h6-7,10H,4-5,8-9H2,1-3H3. The van der Waals surface area contributed by atoms with Crippen LogP contribution in [0.2, 0.25) is 5.02 Å². The van der Waals surface area contributed by atoms with Crippen LogP contribution in [0.4, 0.5) is 0 Å². The van der Waals surface area contributed by atoms with Crippen LogP contribution in [0.3, 0.4) is 0 Å². The van der Waals surface area contributed by atoms with Crippen LogP contribution in [0.25, 0.3) is 0 Å². The molecule has 0 atom stereocenters. The van der Waals surface area contributed by atoms with E-state index in [0.717, 1.165) is 34.0 Å². The van der Waals surface area contributed by atoms with Gasteiger partial charge in [0.2, 0.25) is 0 Å². The van der Waals surface area contributed by atoms with E-state index in [9.17, 15) is 4.79 Å². The summed E-state index contributed by atoms with van der Waals surface area (Å²) in [6.07, 6.45) is 2.59. The van der Waals surface area contributed by atoms with Crippen LogP contribution < -0.4 is 4.74 Å². The number of imidazole rings is 1. The molecule has 0 saturated heterocycles. The monoisotopic (exact) mass is 333 g/mol. The van der Waals surface area contributed by atoms with E-state index in [-0.39, 0.29) is 12.5 Å². The maximum atomic E-state index is 12.4. The number of amides is 1. The van der Waals surface area contributed by atoms with Crippen LogP contribution >= 0.6 is 11.6 Å². The molecule has 1 aliphatic heterocycles. The van der Waals surface area contributed by atoms with E-state index in [0.29, 0.717) is 18.8 Å². The van der Waals surface area contributed by atoms with Gasteiger partial charge in [0.15, 0.2) is 6.61 Å². The minimum absolute atomic E-state index is 0.0119. The zero-order chi connectivity index (χ0) is 16.6. The average Bonchev–Trinajstić information content (AvgIpc) is 2.91. The normalized spacial score (nSPS) is 13.8. The van der Waals surface area contributed by atoms with Crippen molar-refractivity contribution in [1.82, 2.24) is 14.5 Å². The predicted octanol–water partition coefficient (Wildman–Crippen LogP) is 2.65. The van der Waals surface area contributed by atoms with Gasteiger partial charge in [-0.05, 0) is 37.1 Å². The van der Waals surface area contributed by atoms with E-state index in [4.69, 9.17) is 16.3 Å². The summed E-state index contributed by atoms with van der Waals surface area (Å²) in [7, 11) is 1.95. The Kier molecular flexibility index (Phi) is 4.31. The van der Waals surface area contributed by atoms with Crippen molar-refractivity contribution < 1.29 is 9.53 Å². The lowest BCUT2D eigenvalue weighted by Gasteiger charge is -2.27. The van der Waals surface area contributed by atoms with Crippen LogP contribution in [0, 0.1) is 13.8 Å². The first-order chi connectivity index (χ1) is 11.0. The van der Waals surface area contributed by atoms with Crippen molar-refractivity contribution >= 4 is 17.5 Å². The molecule has 1 aliphatic rings. The fourth-order valence-corrected chi connectivity index (χ4v) is 2.96. The minimum atomic E-state index is -0.0119. The molecular weight excluding hydrogens is 314 g/mol. The summed E-state index contributed by atoms with van der Waals surface area (Å²) in [5, 5.41) is 0.739. The van der Waals surface area contributed by atoms with Crippen molar-refractivity contribution in [2.75, 3.05) is 13.2 Å². The number of benzene rings is 1. The molecule has 6 heteroatoms. The number of carbonyl (C=O) groups is 1. The lowest BCUT2D eigenvalue weighted by molar-refractivity contribution is -0.134. The third kappa shape index (κ3) is 3.20. The number of ether oxygens (including phenoxy) is 1. The highest BCUT2D eigenvalue weighted by Crippen LogP contribution is 2.26. The summed E-state index contributed by atoms with van der Waals surface area (Å²) in [6.45, 7) is 5.17. The van der Waals surface area contributed by atoms with Gasteiger partial charge in [-0.3, -0.25) is 4.79 Å². The van der Waals surface area contributed by atoms with E-state index in [1.165, 1.54) is 0 Å². The second-order valence-corrected chi connectivity index (χ2v) is 6.35. The summed E-state index contributed by atoms with van der Waals surface area (Å²) < 4.78 is 7.64. The van der Waals surface area contributed by atoms with Crippen LogP contribution in [-0.4, -0.2) is 33.5 Å². The molecule has 0 spiro atoms. The van der Waals surface area contributed by atoms with E-state index < -0.39 is 0 Å². The topological polar surface area (TPSA) is 47.4 Å². The molecule has 1 aromatic carbocycles. The van der Waals surface area contributed by atoms with Gasteiger partial charge in [-0.1, -0.05) is 11.6 Å². The third-order valence-corrected chi connectivity index (χ3v) is 4.83. The average molecular weight is 334 g/mol. The summed E-state index contributed by atoms with van der Waals surface area (Å²) in [5.74, 6) is 0.665. The summed E-state index contributed by atoms with van der Waals surface area (Å²) >= 11 is 6.15. The van der Waals surface area contributed by atoms with Crippen LogP contribution in [-0.2, 0) is 24.8 Å². The fourth-order valence-electron chi connectivity index (χ4n) is 2.86. The van der Waals surface area contributed by atoms with Crippen LogP contribution in [0.1, 0.15) is 22.5 Å². The smallest absolute Gasteiger partial charge is 0.260 e. The lowest BCUT2D eigenvalue weighted by Crippen LogP contribution is -2.39. The molecular formula is C17H20ClN3O2. The largest absolute Gasteiger partial charge is 0.484 e. The van der Waals surface area contributed by atoms with Gasteiger partial charge in [-0.25, -0.2) is 4.98 Å². The lowest BCUT2D eigenvalue weighted by atomic mass is 10.1. The SMILES string of the molecule is Cc1cc(OCC(=O)N2CCc3ncn(C)c3C2)cc(C)c1Cl. The Morgan fingerprint density at radius 3 is 2.74 bits per heavy atom. The summed E-state index contributed by atoms with van der Waals surface area (Å²) in [5.41, 5.74) is 4.09. The van der Waals surface area contributed by atoms with E-state index in [2.05, 4.69) is 4.98 Å². The second-order valence-electron chi connectivity index (χ2n) is 5.97. The quantitative estimate of drug-likeness (QED) is 0.867. The minimum Gasteiger partial charge on any atom is -0.484 e. The van der Waals surface area contributed by atoms with Gasteiger partial charge in [0, 0.05) is 25.0 Å². The molecule has 0 unspecified atom stereocenters. The van der Waals surface area contributed by atoms with E-state index in [1.54, 1.807) is 6.33 Å². The Labute approximate surface area is 140 Å². The number of rotatable bonds is 3. The highest BCUT2D eigenvalue weighted by Gasteiger charge is 2.23. The van der Waals surface area contributed by atoms with Gasteiger partial charge in [-0.15, -0.1) is 0 Å². The number of aryl methyl sites for hydroxylation is 3. The van der Waals surface area contributed by atoms with Crippen LogP contribution in [0.15, 0.2) is 18.5 Å². The summed E-state index contributed by atoms with van der Waals surface area (Å²) in [6, 6.07) is 3.72. The molecule has 1 aromatic heterocycles. The first kappa shape index (κ1) is 15.9. The van der Waals surface area contributed by atoms with Gasteiger partial charge in [0.05, 0.1) is 24.3 Å². The second kappa shape index (κ2) is 6.24. The highest BCUT2D eigenvalue weighted by molar-refractivity contribution is 6.32. The van der Waals surface area contributed by atoms with Gasteiger partial charge in [-0.2, -0.15) is 0 Å². The molecule has 0 bridgehead atoms. The first-order valence-electron chi connectivity index (χ1n) is 7.62. The van der Waals surface area contributed by atoms with Gasteiger partial charge >= 0.3 is 0 Å². The molecule has 23 heavy (non-hydrogen) atoms. The molecule has 0 fully saturated rings. The highest BCUT2D eigenvalue weighted by atomic mass is 35.5. The zero-order valence-corrected chi connectivity index (χ0v) is 14.4. The third-order valence-electron chi connectivity index (χ3n) is 4.23. The van der Waals surface area contributed by atoms with Gasteiger partial charge in [0.25, 0.3) is 5.91 Å². The molecule has 0 aliphatic carbocycles. The van der Waals surface area contributed by atoms with E-state index >= 15 is 0 Å². The van der Waals surface area contributed by atoms with Crippen molar-refractivity contribution in [3.8, 4) is 5.75 Å². The fraction of sp³-hybridized carbons (Fsp3) is 0.412. The molecule has 0 N–H and O–H groups in total. The molecule has 3 rings (SSSR count). The maximum Gasteiger partial charge on any atom is 0.260 e. The van der Waals surface area contributed by atoms with Crippen molar-refractivity contribution in [2.24, 2.45) is 7.05 Å².